The minimum atomic E-state index is -0.387. The normalized spacial score (nSPS) is 17.1. The first-order chi connectivity index (χ1) is 14.6. The lowest BCUT2D eigenvalue weighted by Gasteiger charge is -2.32. The Morgan fingerprint density at radius 1 is 1.20 bits per heavy atom. The number of nitro benzene ring substituents is 1. The molecule has 30 heavy (non-hydrogen) atoms. The average Bonchev–Trinajstić information content (AvgIpc) is 2.78. The number of nitrogens with one attached hydrogen (secondary N) is 1. The van der Waals surface area contributed by atoms with E-state index in [1.165, 1.54) is 6.07 Å². The number of carbonyl (C=O) groups excluding carboxylic acids is 1. The molecule has 2 aromatic rings. The highest BCUT2D eigenvalue weighted by molar-refractivity contribution is 5.78. The van der Waals surface area contributed by atoms with Crippen molar-refractivity contribution in [3.05, 3.63) is 69.3 Å². The summed E-state index contributed by atoms with van der Waals surface area (Å²) >= 11 is 0. The molecular weight excluding hydrogens is 386 g/mol. The number of amides is 1. The fourth-order valence-electron chi connectivity index (χ4n) is 4.03. The van der Waals surface area contributed by atoms with E-state index in [1.807, 2.05) is 30.3 Å². The number of hydrogen-bond donors (Lipinski definition) is 1. The van der Waals surface area contributed by atoms with Crippen LogP contribution in [-0.4, -0.2) is 35.6 Å². The topological polar surface area (TPSA) is 93.9 Å². The Bertz CT molecular complexity index is 910. The maximum absolute atomic E-state index is 12.5. The molecule has 0 aliphatic carbocycles. The van der Waals surface area contributed by atoms with Gasteiger partial charge in [-0.15, -0.1) is 0 Å². The van der Waals surface area contributed by atoms with Crippen LogP contribution in [0.2, 0.25) is 0 Å². The van der Waals surface area contributed by atoms with E-state index in [1.54, 1.807) is 6.07 Å². The summed E-state index contributed by atoms with van der Waals surface area (Å²) in [5.41, 5.74) is 2.64. The van der Waals surface area contributed by atoms with E-state index >= 15 is 0 Å². The number of piperidine rings is 1. The summed E-state index contributed by atoms with van der Waals surface area (Å²) < 4.78 is 10.9. The monoisotopic (exact) mass is 411 g/mol. The van der Waals surface area contributed by atoms with Gasteiger partial charge >= 0.3 is 0 Å². The Hall–Kier alpha value is -2.97. The molecule has 0 bridgehead atoms. The summed E-state index contributed by atoms with van der Waals surface area (Å²) in [6, 6.07) is 13.0. The highest BCUT2D eigenvalue weighted by atomic mass is 16.7. The average molecular weight is 411 g/mol. The van der Waals surface area contributed by atoms with Crippen LogP contribution in [0.5, 0.6) is 5.75 Å². The molecule has 2 aromatic carbocycles. The highest BCUT2D eigenvalue weighted by Gasteiger charge is 2.27. The predicted molar refractivity (Wildman–Crippen MR) is 110 cm³/mol. The molecule has 2 aliphatic heterocycles. The number of hydrogen-bond acceptors (Lipinski definition) is 6. The third kappa shape index (κ3) is 4.77. The van der Waals surface area contributed by atoms with Crippen LogP contribution in [0, 0.1) is 16.0 Å². The van der Waals surface area contributed by atoms with Gasteiger partial charge in [-0.1, -0.05) is 30.3 Å². The predicted octanol–water partition coefficient (Wildman–Crippen LogP) is 2.99. The Balaban J connectivity index is 1.34. The number of likely N-dealkylation sites (tertiary alicyclic amines) is 1. The highest BCUT2D eigenvalue weighted by Crippen LogP contribution is 2.34. The van der Waals surface area contributed by atoms with Crippen molar-refractivity contribution >= 4 is 11.6 Å². The molecule has 0 spiro atoms. The molecule has 8 heteroatoms. The number of fused-ring (bicyclic) bond motifs is 1. The van der Waals surface area contributed by atoms with Gasteiger partial charge < -0.3 is 14.8 Å². The van der Waals surface area contributed by atoms with E-state index in [2.05, 4.69) is 10.2 Å². The first kappa shape index (κ1) is 20.3. The summed E-state index contributed by atoms with van der Waals surface area (Å²) in [5, 5.41) is 14.3. The van der Waals surface area contributed by atoms with Gasteiger partial charge in [0.05, 0.1) is 11.5 Å². The second-order valence-electron chi connectivity index (χ2n) is 7.71. The molecule has 1 saturated heterocycles. The van der Waals surface area contributed by atoms with Crippen molar-refractivity contribution in [2.75, 3.05) is 19.9 Å². The van der Waals surface area contributed by atoms with Gasteiger partial charge in [-0.05, 0) is 31.5 Å². The van der Waals surface area contributed by atoms with Crippen molar-refractivity contribution in [1.82, 2.24) is 10.2 Å². The molecule has 158 valence electrons. The van der Waals surface area contributed by atoms with Gasteiger partial charge in [0.25, 0.3) is 5.69 Å². The summed E-state index contributed by atoms with van der Waals surface area (Å²) in [4.78, 5) is 25.6. The van der Waals surface area contributed by atoms with Gasteiger partial charge in [-0.3, -0.25) is 19.8 Å². The van der Waals surface area contributed by atoms with Crippen LogP contribution in [0.4, 0.5) is 5.69 Å². The zero-order valence-electron chi connectivity index (χ0n) is 16.7. The Kier molecular flexibility index (Phi) is 6.25. The van der Waals surface area contributed by atoms with Gasteiger partial charge in [-0.2, -0.15) is 0 Å². The van der Waals surface area contributed by atoms with Gasteiger partial charge in [-0.25, -0.2) is 0 Å². The van der Waals surface area contributed by atoms with Crippen LogP contribution in [0.1, 0.15) is 29.5 Å². The number of carbonyl (C=O) groups is 1. The van der Waals surface area contributed by atoms with Gasteiger partial charge in [0.2, 0.25) is 5.91 Å². The number of rotatable bonds is 6. The summed E-state index contributed by atoms with van der Waals surface area (Å²) in [5.74, 6) is 0.773. The molecular formula is C22H25N3O5. The van der Waals surface area contributed by atoms with Crippen molar-refractivity contribution in [2.45, 2.75) is 32.5 Å². The molecule has 0 unspecified atom stereocenters. The van der Waals surface area contributed by atoms with Crippen molar-refractivity contribution in [3.8, 4) is 5.75 Å². The molecule has 0 radical (unpaired) electrons. The molecule has 0 saturated carbocycles. The lowest BCUT2D eigenvalue weighted by Crippen LogP contribution is -2.40. The molecule has 4 rings (SSSR count). The molecule has 1 fully saturated rings. The standard InChI is InChI=1S/C22H25N3O5/c26-22(23-12-16-4-2-1-3-5-16)17-6-8-24(9-7-17)13-18-10-20(25(27)28)11-19-14-29-15-30-21(18)19/h1-5,10-11,17H,6-9,12-15H2,(H,23,26). The number of ether oxygens (including phenoxy) is 2. The SMILES string of the molecule is O=C(NCc1ccccc1)C1CCN(Cc2cc([N+](=O)[O-])cc3c2OCOC3)CC1. The van der Waals surface area contributed by atoms with E-state index in [-0.39, 0.29) is 29.2 Å². The second kappa shape index (κ2) is 9.23. The zero-order chi connectivity index (χ0) is 20.9. The molecule has 1 N–H and O–H groups in total. The fourth-order valence-corrected chi connectivity index (χ4v) is 4.03. The fraction of sp³-hybridized carbons (Fsp3) is 0.409. The van der Waals surface area contributed by atoms with Gasteiger partial charge in [0, 0.05) is 42.3 Å². The molecule has 0 atom stereocenters. The van der Waals surface area contributed by atoms with E-state index in [0.717, 1.165) is 37.1 Å². The molecule has 2 aliphatic rings. The minimum absolute atomic E-state index is 0.00589. The Morgan fingerprint density at radius 2 is 1.97 bits per heavy atom. The zero-order valence-corrected chi connectivity index (χ0v) is 16.7. The van der Waals surface area contributed by atoms with Crippen LogP contribution >= 0.6 is 0 Å². The molecule has 2 heterocycles. The summed E-state index contributed by atoms with van der Waals surface area (Å²) in [6.07, 6.45) is 1.53. The third-order valence-corrected chi connectivity index (χ3v) is 5.64. The number of nitrogens with zero attached hydrogens (tertiary/aromatic N) is 2. The van der Waals surface area contributed by atoms with Crippen LogP contribution in [0.3, 0.4) is 0 Å². The smallest absolute Gasteiger partial charge is 0.270 e. The second-order valence-corrected chi connectivity index (χ2v) is 7.71. The first-order valence-corrected chi connectivity index (χ1v) is 10.1. The van der Waals surface area contributed by atoms with Crippen molar-refractivity contribution in [2.24, 2.45) is 5.92 Å². The van der Waals surface area contributed by atoms with Gasteiger partial charge in [0.1, 0.15) is 5.75 Å². The Morgan fingerprint density at radius 3 is 2.70 bits per heavy atom. The van der Waals surface area contributed by atoms with E-state index < -0.39 is 0 Å². The number of non-ortho nitro benzene ring substituents is 1. The third-order valence-electron chi connectivity index (χ3n) is 5.64. The van der Waals surface area contributed by atoms with Crippen molar-refractivity contribution < 1.29 is 19.2 Å². The van der Waals surface area contributed by atoms with Gasteiger partial charge in [0.15, 0.2) is 6.79 Å². The maximum atomic E-state index is 12.5. The maximum Gasteiger partial charge on any atom is 0.270 e. The molecule has 8 nitrogen and oxygen atoms in total. The summed E-state index contributed by atoms with van der Waals surface area (Å²) in [7, 11) is 0. The van der Waals surface area contributed by atoms with Crippen LogP contribution < -0.4 is 10.1 Å². The Labute approximate surface area is 174 Å². The van der Waals surface area contributed by atoms with Crippen molar-refractivity contribution in [3.63, 3.8) is 0 Å². The molecule has 1 amide bonds. The lowest BCUT2D eigenvalue weighted by atomic mass is 9.95. The minimum Gasteiger partial charge on any atom is -0.467 e. The largest absolute Gasteiger partial charge is 0.467 e. The quantitative estimate of drug-likeness (QED) is 0.580. The van der Waals surface area contributed by atoms with Crippen LogP contribution in [0.25, 0.3) is 0 Å². The molecule has 0 aromatic heterocycles. The van der Waals surface area contributed by atoms with Crippen LogP contribution in [-0.2, 0) is 29.2 Å². The van der Waals surface area contributed by atoms with Crippen LogP contribution in [0.15, 0.2) is 42.5 Å². The van der Waals surface area contributed by atoms with E-state index in [0.29, 0.717) is 31.0 Å². The number of nitro groups is 1. The first-order valence-electron chi connectivity index (χ1n) is 10.1. The van der Waals surface area contributed by atoms with E-state index in [9.17, 15) is 14.9 Å². The lowest BCUT2D eigenvalue weighted by molar-refractivity contribution is -0.385. The van der Waals surface area contributed by atoms with Crippen molar-refractivity contribution in [1.29, 1.82) is 0 Å². The number of benzene rings is 2. The van der Waals surface area contributed by atoms with E-state index in [4.69, 9.17) is 9.47 Å². The summed E-state index contributed by atoms with van der Waals surface area (Å²) in [6.45, 7) is 3.09.